The van der Waals surface area contributed by atoms with Crippen LogP contribution in [0.1, 0.15) is 30.0 Å². The van der Waals surface area contributed by atoms with Crippen LogP contribution in [0.5, 0.6) is 0 Å². The monoisotopic (exact) mass is 216 g/mol. The summed E-state index contributed by atoms with van der Waals surface area (Å²) in [5.41, 5.74) is 4.00. The topological polar surface area (TPSA) is 27.0 Å². The molecule has 2 heteroatoms. The normalized spacial score (nSPS) is 10.4. The van der Waals surface area contributed by atoms with E-state index >= 15 is 0 Å². The van der Waals surface area contributed by atoms with Crippen LogP contribution in [-0.2, 0) is 6.54 Å². The van der Waals surface area contributed by atoms with Crippen LogP contribution in [0.25, 0.3) is 0 Å². The summed E-state index contributed by atoms with van der Waals surface area (Å²) in [4.78, 5) is 2.20. The molecule has 0 radical (unpaired) electrons. The maximum absolute atomic E-state index is 8.79. The van der Waals surface area contributed by atoms with Gasteiger partial charge in [0.2, 0.25) is 0 Å². The molecule has 0 aliphatic rings. The second-order valence-corrected chi connectivity index (χ2v) is 4.24. The third-order valence-corrected chi connectivity index (χ3v) is 2.86. The smallest absolute Gasteiger partial charge is 0.0868 e. The molecule has 0 fully saturated rings. The second-order valence-electron chi connectivity index (χ2n) is 4.24. The molecule has 0 saturated carbocycles. The molecule has 0 aliphatic carbocycles. The van der Waals surface area contributed by atoms with Gasteiger partial charge >= 0.3 is 0 Å². The highest BCUT2D eigenvalue weighted by Gasteiger charge is 2.08. The molecule has 0 atom stereocenters. The van der Waals surface area contributed by atoms with Gasteiger partial charge in [-0.15, -0.1) is 0 Å². The van der Waals surface area contributed by atoms with E-state index in [1.165, 1.54) is 16.7 Å². The van der Waals surface area contributed by atoms with Crippen molar-refractivity contribution in [1.82, 2.24) is 4.90 Å². The average molecular weight is 216 g/mol. The molecule has 0 spiro atoms. The first-order valence-corrected chi connectivity index (χ1v) is 5.83. The molecule has 0 unspecified atom stereocenters. The van der Waals surface area contributed by atoms with Gasteiger partial charge in [0.15, 0.2) is 0 Å². The van der Waals surface area contributed by atoms with E-state index in [-0.39, 0.29) is 0 Å². The van der Waals surface area contributed by atoms with E-state index in [1.807, 2.05) is 0 Å². The number of hydrogen-bond acceptors (Lipinski definition) is 2. The largest absolute Gasteiger partial charge is 0.286 e. The quantitative estimate of drug-likeness (QED) is 0.707. The highest BCUT2D eigenvalue weighted by atomic mass is 15.1. The van der Waals surface area contributed by atoms with Crippen molar-refractivity contribution in [2.24, 2.45) is 0 Å². The number of hydrogen-bond donors (Lipinski definition) is 0. The minimum Gasteiger partial charge on any atom is -0.286 e. The van der Waals surface area contributed by atoms with Crippen LogP contribution >= 0.6 is 0 Å². The van der Waals surface area contributed by atoms with Gasteiger partial charge in [0.05, 0.1) is 12.6 Å². The molecule has 0 heterocycles. The summed E-state index contributed by atoms with van der Waals surface area (Å²) in [5.74, 6) is 0. The molecule has 0 bridgehead atoms. The summed E-state index contributed by atoms with van der Waals surface area (Å²) in [6.45, 7) is 8.82. The van der Waals surface area contributed by atoms with Gasteiger partial charge in [-0.25, -0.2) is 0 Å². The van der Waals surface area contributed by atoms with E-state index in [0.29, 0.717) is 6.54 Å². The molecule has 0 amide bonds. The molecule has 0 aromatic heterocycles. The van der Waals surface area contributed by atoms with Crippen molar-refractivity contribution in [2.45, 2.75) is 33.7 Å². The predicted molar refractivity (Wildman–Crippen MR) is 67.1 cm³/mol. The van der Waals surface area contributed by atoms with Crippen molar-refractivity contribution in [2.75, 3.05) is 13.1 Å². The lowest BCUT2D eigenvalue weighted by Crippen LogP contribution is -2.25. The number of nitriles is 1. The minimum atomic E-state index is 0.515. The number of benzene rings is 1. The first-order valence-electron chi connectivity index (χ1n) is 5.83. The Morgan fingerprint density at radius 2 is 1.88 bits per heavy atom. The van der Waals surface area contributed by atoms with E-state index in [2.05, 4.69) is 49.9 Å². The number of rotatable bonds is 5. The van der Waals surface area contributed by atoms with Crippen LogP contribution < -0.4 is 0 Å². The Morgan fingerprint density at radius 3 is 2.38 bits per heavy atom. The van der Waals surface area contributed by atoms with Crippen LogP contribution in [0.2, 0.25) is 0 Å². The summed E-state index contributed by atoms with van der Waals surface area (Å²) < 4.78 is 0. The van der Waals surface area contributed by atoms with Gasteiger partial charge in [-0.05, 0) is 43.5 Å². The molecule has 1 aromatic carbocycles. The van der Waals surface area contributed by atoms with Crippen LogP contribution in [0.15, 0.2) is 18.2 Å². The van der Waals surface area contributed by atoms with E-state index in [0.717, 1.165) is 19.5 Å². The SMILES string of the molecule is CCCN(CC#N)Cc1c(C)cccc1C. The molecular weight excluding hydrogens is 196 g/mol. The van der Waals surface area contributed by atoms with Crippen LogP contribution in [0.4, 0.5) is 0 Å². The van der Waals surface area contributed by atoms with Crippen molar-refractivity contribution >= 4 is 0 Å². The van der Waals surface area contributed by atoms with Gasteiger partial charge in [-0.1, -0.05) is 25.1 Å². The van der Waals surface area contributed by atoms with E-state index in [1.54, 1.807) is 0 Å². The van der Waals surface area contributed by atoms with Crippen LogP contribution in [0.3, 0.4) is 0 Å². The summed E-state index contributed by atoms with van der Waals surface area (Å²) in [7, 11) is 0. The molecule has 0 N–H and O–H groups in total. The lowest BCUT2D eigenvalue weighted by molar-refractivity contribution is 0.297. The fraction of sp³-hybridized carbons (Fsp3) is 0.500. The molecule has 0 aliphatic heterocycles. The van der Waals surface area contributed by atoms with Gasteiger partial charge in [0.25, 0.3) is 0 Å². The third kappa shape index (κ3) is 3.36. The van der Waals surface area contributed by atoms with E-state index < -0.39 is 0 Å². The molecule has 16 heavy (non-hydrogen) atoms. The van der Waals surface area contributed by atoms with Crippen LogP contribution in [-0.4, -0.2) is 18.0 Å². The Hall–Kier alpha value is -1.33. The molecule has 1 rings (SSSR count). The Bertz CT molecular complexity index is 357. The van der Waals surface area contributed by atoms with Gasteiger partial charge in [0.1, 0.15) is 0 Å². The molecule has 86 valence electrons. The van der Waals surface area contributed by atoms with Crippen molar-refractivity contribution in [3.8, 4) is 6.07 Å². The first-order chi connectivity index (χ1) is 7.69. The maximum atomic E-state index is 8.79. The fourth-order valence-electron chi connectivity index (χ4n) is 1.95. The number of nitrogens with zero attached hydrogens (tertiary/aromatic N) is 2. The third-order valence-electron chi connectivity index (χ3n) is 2.86. The summed E-state index contributed by atoms with van der Waals surface area (Å²) in [6.07, 6.45) is 1.09. The standard InChI is InChI=1S/C14H20N2/c1-4-9-16(10-8-15)11-14-12(2)6-5-7-13(14)3/h5-7H,4,9-11H2,1-3H3. The Balaban J connectivity index is 2.81. The number of aryl methyl sites for hydroxylation is 2. The van der Waals surface area contributed by atoms with Crippen LogP contribution in [0, 0.1) is 25.2 Å². The zero-order chi connectivity index (χ0) is 12.0. The Labute approximate surface area is 98.5 Å². The summed E-state index contributed by atoms with van der Waals surface area (Å²) in [6, 6.07) is 8.60. The molecule has 1 aromatic rings. The van der Waals surface area contributed by atoms with Gasteiger partial charge in [-0.2, -0.15) is 5.26 Å². The van der Waals surface area contributed by atoms with Crippen molar-refractivity contribution in [1.29, 1.82) is 5.26 Å². The average Bonchev–Trinajstić information content (AvgIpc) is 2.24. The van der Waals surface area contributed by atoms with Gasteiger partial charge < -0.3 is 0 Å². The van der Waals surface area contributed by atoms with Crippen molar-refractivity contribution < 1.29 is 0 Å². The minimum absolute atomic E-state index is 0.515. The molecule has 2 nitrogen and oxygen atoms in total. The van der Waals surface area contributed by atoms with Gasteiger partial charge in [0, 0.05) is 6.54 Å². The zero-order valence-electron chi connectivity index (χ0n) is 10.5. The van der Waals surface area contributed by atoms with Crippen molar-refractivity contribution in [3.05, 3.63) is 34.9 Å². The predicted octanol–water partition coefficient (Wildman–Crippen LogP) is 3.04. The Kier molecular flexibility index (Phi) is 5.01. The Morgan fingerprint density at radius 1 is 1.25 bits per heavy atom. The molecular formula is C14H20N2. The zero-order valence-corrected chi connectivity index (χ0v) is 10.5. The lowest BCUT2D eigenvalue weighted by atomic mass is 10.0. The second kappa shape index (κ2) is 6.30. The van der Waals surface area contributed by atoms with E-state index in [4.69, 9.17) is 5.26 Å². The van der Waals surface area contributed by atoms with Gasteiger partial charge in [-0.3, -0.25) is 4.90 Å². The summed E-state index contributed by atoms with van der Waals surface area (Å²) >= 11 is 0. The molecule has 0 saturated heterocycles. The maximum Gasteiger partial charge on any atom is 0.0868 e. The highest BCUT2D eigenvalue weighted by Crippen LogP contribution is 2.15. The summed E-state index contributed by atoms with van der Waals surface area (Å²) in [5, 5.41) is 8.79. The fourth-order valence-corrected chi connectivity index (χ4v) is 1.95. The lowest BCUT2D eigenvalue weighted by Gasteiger charge is -2.20. The van der Waals surface area contributed by atoms with E-state index in [9.17, 15) is 0 Å². The van der Waals surface area contributed by atoms with Crippen molar-refractivity contribution in [3.63, 3.8) is 0 Å². The highest BCUT2D eigenvalue weighted by molar-refractivity contribution is 5.33. The first kappa shape index (κ1) is 12.7.